The number of H-pyrrole nitrogens is 1. The molecule has 0 radical (unpaired) electrons. The van der Waals surface area contributed by atoms with Gasteiger partial charge in [0.2, 0.25) is 0 Å². The highest BCUT2D eigenvalue weighted by Crippen LogP contribution is 2.26. The molecule has 0 fully saturated rings. The van der Waals surface area contributed by atoms with Crippen LogP contribution in [0.25, 0.3) is 16.5 Å². The first-order valence-corrected chi connectivity index (χ1v) is 10.6. The Kier molecular flexibility index (Phi) is 6.11. The normalized spacial score (nSPS) is 16.6. The number of carbonyl (C=O) groups excluding carboxylic acids is 1. The summed E-state index contributed by atoms with van der Waals surface area (Å²) in [7, 11) is 1.68. The molecule has 1 unspecified atom stereocenters. The smallest absolute Gasteiger partial charge is 0.267 e. The summed E-state index contributed by atoms with van der Waals surface area (Å²) in [5, 5.41) is 7.56. The molecule has 3 aromatic rings. The van der Waals surface area contributed by atoms with Crippen LogP contribution in [0, 0.1) is 0 Å². The average molecular weight is 388 g/mol. The summed E-state index contributed by atoms with van der Waals surface area (Å²) in [4.78, 5) is 15.6. The lowest BCUT2D eigenvalue weighted by Gasteiger charge is -2.24. The van der Waals surface area contributed by atoms with Crippen molar-refractivity contribution >= 4 is 22.4 Å². The Bertz CT molecular complexity index is 1000. The molecule has 1 amide bonds. The van der Waals surface area contributed by atoms with Crippen molar-refractivity contribution in [3.63, 3.8) is 0 Å². The zero-order chi connectivity index (χ0) is 20.1. The Morgan fingerprint density at radius 3 is 2.69 bits per heavy atom. The molecule has 2 aromatic carbocycles. The van der Waals surface area contributed by atoms with E-state index in [-0.39, 0.29) is 5.91 Å². The van der Waals surface area contributed by atoms with Gasteiger partial charge < -0.3 is 15.6 Å². The maximum atomic E-state index is 12.3. The van der Waals surface area contributed by atoms with Crippen LogP contribution in [0.3, 0.4) is 0 Å². The van der Waals surface area contributed by atoms with Crippen LogP contribution in [0.2, 0.25) is 0 Å². The highest BCUT2D eigenvalue weighted by atomic mass is 16.1. The number of aryl methyl sites for hydroxylation is 1. The molecule has 1 aromatic heterocycles. The largest absolute Gasteiger partial charge is 0.354 e. The van der Waals surface area contributed by atoms with Gasteiger partial charge in [-0.05, 0) is 48.4 Å². The number of aromatic nitrogens is 1. The van der Waals surface area contributed by atoms with Crippen molar-refractivity contribution in [1.82, 2.24) is 15.6 Å². The maximum Gasteiger partial charge on any atom is 0.267 e. The quantitative estimate of drug-likeness (QED) is 0.515. The summed E-state index contributed by atoms with van der Waals surface area (Å²) in [6.07, 6.45) is 7.69. The van der Waals surface area contributed by atoms with E-state index in [0.717, 1.165) is 55.1 Å². The maximum absolute atomic E-state index is 12.3. The number of benzene rings is 2. The summed E-state index contributed by atoms with van der Waals surface area (Å²) >= 11 is 0. The van der Waals surface area contributed by atoms with Crippen molar-refractivity contribution in [3.05, 3.63) is 77.5 Å². The van der Waals surface area contributed by atoms with Gasteiger partial charge in [0.15, 0.2) is 0 Å². The molecular weight excluding hydrogens is 358 g/mol. The Hall–Kier alpha value is -2.85. The second-order valence-corrected chi connectivity index (χ2v) is 7.75. The molecule has 0 aliphatic carbocycles. The van der Waals surface area contributed by atoms with Gasteiger partial charge in [-0.25, -0.2) is 0 Å². The molecule has 1 aliphatic rings. The molecule has 0 bridgehead atoms. The molecule has 1 atom stereocenters. The van der Waals surface area contributed by atoms with Crippen LogP contribution in [-0.2, 0) is 6.42 Å². The lowest BCUT2D eigenvalue weighted by atomic mass is 9.92. The molecule has 4 rings (SSSR count). The second kappa shape index (κ2) is 9.10. The van der Waals surface area contributed by atoms with Crippen molar-refractivity contribution in [2.24, 2.45) is 0 Å². The third-order valence-electron chi connectivity index (χ3n) is 5.86. The predicted octanol–water partition coefficient (Wildman–Crippen LogP) is 4.69. The van der Waals surface area contributed by atoms with Crippen molar-refractivity contribution in [2.45, 2.75) is 38.1 Å². The second-order valence-electron chi connectivity index (χ2n) is 7.75. The molecule has 4 heteroatoms. The number of fused-ring (bicyclic) bond motifs is 1. The SMILES string of the molecule is CNC(=O)c1[nH]c2ccccc2c1CCCCC1CC(c2ccccc2)=CCN1. The number of hydrogen-bond acceptors (Lipinski definition) is 2. The van der Waals surface area contributed by atoms with Gasteiger partial charge in [-0.2, -0.15) is 0 Å². The number of amides is 1. The molecule has 1 aliphatic heterocycles. The average Bonchev–Trinajstić information content (AvgIpc) is 3.15. The topological polar surface area (TPSA) is 56.9 Å². The molecule has 0 saturated heterocycles. The van der Waals surface area contributed by atoms with Crippen molar-refractivity contribution in [3.8, 4) is 0 Å². The van der Waals surface area contributed by atoms with Crippen LogP contribution in [-0.4, -0.2) is 30.5 Å². The summed E-state index contributed by atoms with van der Waals surface area (Å²) in [5.74, 6) is -0.0391. The molecule has 150 valence electrons. The zero-order valence-corrected chi connectivity index (χ0v) is 17.0. The van der Waals surface area contributed by atoms with Gasteiger partial charge in [0.05, 0.1) is 0 Å². The monoisotopic (exact) mass is 387 g/mol. The fraction of sp³-hybridized carbons (Fsp3) is 0.320. The predicted molar refractivity (Wildman–Crippen MR) is 120 cm³/mol. The fourth-order valence-electron chi connectivity index (χ4n) is 4.33. The van der Waals surface area contributed by atoms with E-state index in [9.17, 15) is 4.79 Å². The number of nitrogens with one attached hydrogen (secondary N) is 3. The number of unbranched alkanes of at least 4 members (excludes halogenated alkanes) is 1. The Labute approximate surface area is 172 Å². The van der Waals surface area contributed by atoms with Gasteiger partial charge in [0, 0.05) is 30.5 Å². The van der Waals surface area contributed by atoms with Crippen molar-refractivity contribution < 1.29 is 4.79 Å². The number of aromatic amines is 1. The molecular formula is C25H29N3O. The molecule has 29 heavy (non-hydrogen) atoms. The molecule has 0 saturated carbocycles. The first-order valence-electron chi connectivity index (χ1n) is 10.6. The zero-order valence-electron chi connectivity index (χ0n) is 17.0. The fourth-order valence-corrected chi connectivity index (χ4v) is 4.33. The highest BCUT2D eigenvalue weighted by Gasteiger charge is 2.18. The van der Waals surface area contributed by atoms with E-state index in [1.807, 2.05) is 18.2 Å². The van der Waals surface area contributed by atoms with E-state index in [4.69, 9.17) is 0 Å². The Morgan fingerprint density at radius 2 is 1.86 bits per heavy atom. The van der Waals surface area contributed by atoms with E-state index in [2.05, 4.69) is 58.1 Å². The number of carbonyl (C=O) groups is 1. The molecule has 0 spiro atoms. The van der Waals surface area contributed by atoms with Gasteiger partial charge in [0.1, 0.15) is 5.69 Å². The lowest BCUT2D eigenvalue weighted by molar-refractivity contribution is 0.0958. The van der Waals surface area contributed by atoms with Gasteiger partial charge in [-0.15, -0.1) is 0 Å². The van der Waals surface area contributed by atoms with Crippen LogP contribution >= 0.6 is 0 Å². The first kappa shape index (κ1) is 19.5. The molecule has 4 nitrogen and oxygen atoms in total. The summed E-state index contributed by atoms with van der Waals surface area (Å²) in [6, 6.07) is 19.4. The standard InChI is InChI=1S/C25H29N3O/c1-26-25(29)24-22(21-12-7-8-14-23(21)28-24)13-6-5-11-20-17-19(15-16-27-20)18-9-3-2-4-10-18/h2-4,7-10,12,14-15,20,27-28H,5-6,11,13,16-17H2,1H3,(H,26,29). The lowest BCUT2D eigenvalue weighted by Crippen LogP contribution is -2.32. The summed E-state index contributed by atoms with van der Waals surface area (Å²) in [5.41, 5.74) is 5.67. The molecule has 2 heterocycles. The van der Waals surface area contributed by atoms with E-state index in [0.29, 0.717) is 11.7 Å². The summed E-state index contributed by atoms with van der Waals surface area (Å²) in [6.45, 7) is 0.943. The van der Waals surface area contributed by atoms with Crippen LogP contribution in [0.15, 0.2) is 60.7 Å². The molecule has 3 N–H and O–H groups in total. The van der Waals surface area contributed by atoms with Crippen LogP contribution in [0.4, 0.5) is 0 Å². The number of para-hydroxylation sites is 1. The highest BCUT2D eigenvalue weighted by molar-refractivity contribution is 6.00. The Balaban J connectivity index is 1.35. The third-order valence-corrected chi connectivity index (χ3v) is 5.86. The van der Waals surface area contributed by atoms with E-state index in [1.165, 1.54) is 11.1 Å². The van der Waals surface area contributed by atoms with Gasteiger partial charge >= 0.3 is 0 Å². The summed E-state index contributed by atoms with van der Waals surface area (Å²) < 4.78 is 0. The number of hydrogen-bond donors (Lipinski definition) is 3. The van der Waals surface area contributed by atoms with Crippen molar-refractivity contribution in [1.29, 1.82) is 0 Å². The Morgan fingerprint density at radius 1 is 1.07 bits per heavy atom. The minimum Gasteiger partial charge on any atom is -0.354 e. The number of rotatable bonds is 7. The van der Waals surface area contributed by atoms with E-state index >= 15 is 0 Å². The van der Waals surface area contributed by atoms with Crippen molar-refractivity contribution in [2.75, 3.05) is 13.6 Å². The minimum absolute atomic E-state index is 0.0391. The minimum atomic E-state index is -0.0391. The van der Waals surface area contributed by atoms with E-state index < -0.39 is 0 Å². The van der Waals surface area contributed by atoms with Crippen LogP contribution < -0.4 is 10.6 Å². The van der Waals surface area contributed by atoms with Gasteiger partial charge in [-0.3, -0.25) is 4.79 Å². The van der Waals surface area contributed by atoms with Gasteiger partial charge in [0.25, 0.3) is 5.91 Å². The van der Waals surface area contributed by atoms with Crippen LogP contribution in [0.5, 0.6) is 0 Å². The first-order chi connectivity index (χ1) is 14.3. The van der Waals surface area contributed by atoms with E-state index in [1.54, 1.807) is 7.05 Å². The van der Waals surface area contributed by atoms with Gasteiger partial charge in [-0.1, -0.05) is 61.0 Å². The van der Waals surface area contributed by atoms with Crippen LogP contribution in [0.1, 0.15) is 47.3 Å². The third kappa shape index (κ3) is 4.43.